The zero-order valence-electron chi connectivity index (χ0n) is 17.3. The smallest absolute Gasteiger partial charge is 0.273 e. The van der Waals surface area contributed by atoms with Crippen molar-refractivity contribution in [2.75, 3.05) is 19.6 Å². The first-order chi connectivity index (χ1) is 13.7. The Morgan fingerprint density at radius 2 is 1.97 bits per heavy atom. The average Bonchev–Trinajstić information content (AvgIpc) is 3.28. The van der Waals surface area contributed by atoms with Crippen molar-refractivity contribution >= 4 is 41.8 Å². The quantitative estimate of drug-likeness (QED) is 0.598. The Morgan fingerprint density at radius 3 is 2.70 bits per heavy atom. The Labute approximate surface area is 188 Å². The number of imidazole rings is 1. The van der Waals surface area contributed by atoms with Crippen LogP contribution in [0, 0.1) is 6.92 Å². The highest BCUT2D eigenvalue weighted by atomic mass is 35.5. The lowest BCUT2D eigenvalue weighted by Crippen LogP contribution is -2.30. The number of fused-ring (bicyclic) bond motifs is 1. The van der Waals surface area contributed by atoms with Crippen LogP contribution >= 0.6 is 24.8 Å². The minimum Gasteiger partial charge on any atom is -0.350 e. The molecule has 1 fully saturated rings. The van der Waals surface area contributed by atoms with E-state index in [4.69, 9.17) is 4.98 Å². The van der Waals surface area contributed by atoms with Gasteiger partial charge in [0.15, 0.2) is 5.69 Å². The van der Waals surface area contributed by atoms with Crippen LogP contribution in [0.4, 0.5) is 0 Å². The molecule has 1 aliphatic heterocycles. The molecule has 1 aromatic carbocycles. The molecule has 8 nitrogen and oxygen atoms in total. The molecule has 1 amide bonds. The molecule has 3 heterocycles. The lowest BCUT2D eigenvalue weighted by Gasteiger charge is -2.23. The summed E-state index contributed by atoms with van der Waals surface area (Å²) in [6, 6.07) is 8.44. The van der Waals surface area contributed by atoms with Crippen molar-refractivity contribution in [3.8, 4) is 0 Å². The number of halogens is 2. The van der Waals surface area contributed by atoms with Crippen LogP contribution in [0.25, 0.3) is 11.0 Å². The van der Waals surface area contributed by atoms with E-state index in [0.717, 1.165) is 55.0 Å². The van der Waals surface area contributed by atoms with Crippen molar-refractivity contribution in [1.82, 2.24) is 35.2 Å². The second kappa shape index (κ2) is 10.7. The molecule has 0 saturated carbocycles. The summed E-state index contributed by atoms with van der Waals surface area (Å²) in [5.41, 5.74) is 3.38. The SMILES string of the molecule is CCn1c(CCNC(=O)c2nnn(C3CCNCC3)c2C)nc2ccccc21.Cl.Cl. The first-order valence-electron chi connectivity index (χ1n) is 10.0. The largest absolute Gasteiger partial charge is 0.350 e. The molecular weight excluding hydrogens is 425 g/mol. The van der Waals surface area contributed by atoms with Gasteiger partial charge >= 0.3 is 0 Å². The summed E-state index contributed by atoms with van der Waals surface area (Å²) in [5.74, 6) is 0.816. The lowest BCUT2D eigenvalue weighted by atomic mass is 10.1. The second-order valence-electron chi connectivity index (χ2n) is 7.22. The standard InChI is InChI=1S/C20H27N7O.2ClH/c1-3-26-17-7-5-4-6-16(17)23-18(26)10-13-22-20(28)19-14(2)27(25-24-19)15-8-11-21-12-9-15;;/h4-7,15,21H,3,8-13H2,1-2H3,(H,22,28);2*1H. The van der Waals surface area contributed by atoms with E-state index < -0.39 is 0 Å². The molecule has 2 aromatic heterocycles. The van der Waals surface area contributed by atoms with Crippen LogP contribution in [0.2, 0.25) is 0 Å². The molecule has 0 aliphatic carbocycles. The number of amides is 1. The summed E-state index contributed by atoms with van der Waals surface area (Å²) in [6.07, 6.45) is 2.70. The van der Waals surface area contributed by atoms with Gasteiger partial charge in [0.1, 0.15) is 5.82 Å². The fourth-order valence-electron chi connectivity index (χ4n) is 3.99. The minimum absolute atomic E-state index is 0. The Hall–Kier alpha value is -2.16. The summed E-state index contributed by atoms with van der Waals surface area (Å²) >= 11 is 0. The van der Waals surface area contributed by atoms with E-state index in [2.05, 4.69) is 38.5 Å². The maximum atomic E-state index is 12.6. The number of carbonyl (C=O) groups excluding carboxylic acids is 1. The zero-order valence-corrected chi connectivity index (χ0v) is 18.9. The van der Waals surface area contributed by atoms with Crippen LogP contribution in [0.15, 0.2) is 24.3 Å². The second-order valence-corrected chi connectivity index (χ2v) is 7.22. The molecule has 30 heavy (non-hydrogen) atoms. The van der Waals surface area contributed by atoms with E-state index in [-0.39, 0.29) is 30.7 Å². The number of nitrogens with one attached hydrogen (secondary N) is 2. The van der Waals surface area contributed by atoms with Gasteiger partial charge < -0.3 is 15.2 Å². The van der Waals surface area contributed by atoms with Crippen LogP contribution in [-0.2, 0) is 13.0 Å². The summed E-state index contributed by atoms with van der Waals surface area (Å²) in [6.45, 7) is 7.36. The van der Waals surface area contributed by atoms with Crippen LogP contribution < -0.4 is 10.6 Å². The number of hydrogen-bond acceptors (Lipinski definition) is 5. The minimum atomic E-state index is -0.170. The van der Waals surface area contributed by atoms with Crippen molar-refractivity contribution < 1.29 is 4.79 Å². The van der Waals surface area contributed by atoms with Gasteiger partial charge in [-0.1, -0.05) is 17.3 Å². The van der Waals surface area contributed by atoms with Gasteiger partial charge in [0.25, 0.3) is 5.91 Å². The number of piperidine rings is 1. The first kappa shape index (κ1) is 24.1. The molecule has 1 saturated heterocycles. The van der Waals surface area contributed by atoms with E-state index in [1.807, 2.05) is 29.8 Å². The van der Waals surface area contributed by atoms with E-state index in [0.29, 0.717) is 24.7 Å². The summed E-state index contributed by atoms with van der Waals surface area (Å²) < 4.78 is 4.10. The van der Waals surface area contributed by atoms with Crippen molar-refractivity contribution in [3.05, 3.63) is 41.5 Å². The van der Waals surface area contributed by atoms with Gasteiger partial charge in [-0.05, 0) is 51.9 Å². The fourth-order valence-corrected chi connectivity index (χ4v) is 3.99. The number of aryl methyl sites for hydroxylation is 1. The summed E-state index contributed by atoms with van der Waals surface area (Å²) in [7, 11) is 0. The number of para-hydroxylation sites is 2. The normalized spacial score (nSPS) is 14.2. The number of aromatic nitrogens is 5. The summed E-state index contributed by atoms with van der Waals surface area (Å²) in [4.78, 5) is 17.3. The van der Waals surface area contributed by atoms with Gasteiger partial charge in [-0.3, -0.25) is 4.79 Å². The van der Waals surface area contributed by atoms with Crippen molar-refractivity contribution in [2.24, 2.45) is 0 Å². The molecule has 0 spiro atoms. The third kappa shape index (κ3) is 4.77. The maximum Gasteiger partial charge on any atom is 0.273 e. The fraction of sp³-hybridized carbons (Fsp3) is 0.500. The first-order valence-corrected chi connectivity index (χ1v) is 10.0. The molecule has 0 radical (unpaired) electrons. The van der Waals surface area contributed by atoms with Crippen LogP contribution in [-0.4, -0.2) is 50.1 Å². The third-order valence-electron chi connectivity index (χ3n) is 5.48. The average molecular weight is 454 g/mol. The third-order valence-corrected chi connectivity index (χ3v) is 5.48. The van der Waals surface area contributed by atoms with Gasteiger partial charge in [0.2, 0.25) is 0 Å². The summed E-state index contributed by atoms with van der Waals surface area (Å²) in [5, 5.41) is 14.7. The molecule has 0 atom stereocenters. The predicted octanol–water partition coefficient (Wildman–Crippen LogP) is 2.70. The predicted molar refractivity (Wildman–Crippen MR) is 122 cm³/mol. The van der Waals surface area contributed by atoms with Gasteiger partial charge in [-0.25, -0.2) is 9.67 Å². The molecular formula is C20H29Cl2N7O. The molecule has 0 unspecified atom stereocenters. The highest BCUT2D eigenvalue weighted by molar-refractivity contribution is 5.93. The van der Waals surface area contributed by atoms with E-state index in [9.17, 15) is 4.79 Å². The van der Waals surface area contributed by atoms with E-state index in [1.165, 1.54) is 0 Å². The number of carbonyl (C=O) groups is 1. The highest BCUT2D eigenvalue weighted by Gasteiger charge is 2.22. The van der Waals surface area contributed by atoms with Gasteiger partial charge in [0.05, 0.1) is 22.8 Å². The van der Waals surface area contributed by atoms with Crippen molar-refractivity contribution in [1.29, 1.82) is 0 Å². The van der Waals surface area contributed by atoms with Gasteiger partial charge in [-0.15, -0.1) is 29.9 Å². The zero-order chi connectivity index (χ0) is 19.5. The molecule has 3 aromatic rings. The lowest BCUT2D eigenvalue weighted by molar-refractivity contribution is 0.0948. The van der Waals surface area contributed by atoms with Gasteiger partial charge in [0, 0.05) is 19.5 Å². The Bertz CT molecular complexity index is 979. The molecule has 0 bridgehead atoms. The molecule has 164 valence electrons. The van der Waals surface area contributed by atoms with Crippen LogP contribution in [0.3, 0.4) is 0 Å². The van der Waals surface area contributed by atoms with Gasteiger partial charge in [-0.2, -0.15) is 0 Å². The number of rotatable bonds is 6. The monoisotopic (exact) mass is 453 g/mol. The maximum absolute atomic E-state index is 12.6. The van der Waals surface area contributed by atoms with E-state index >= 15 is 0 Å². The number of hydrogen-bond donors (Lipinski definition) is 2. The van der Waals surface area contributed by atoms with Crippen molar-refractivity contribution in [3.63, 3.8) is 0 Å². The topological polar surface area (TPSA) is 89.7 Å². The Kier molecular flexibility index (Phi) is 8.64. The van der Waals surface area contributed by atoms with E-state index in [1.54, 1.807) is 0 Å². The number of nitrogens with zero attached hydrogens (tertiary/aromatic N) is 5. The molecule has 2 N–H and O–H groups in total. The molecule has 10 heteroatoms. The Morgan fingerprint density at radius 1 is 1.23 bits per heavy atom. The number of benzene rings is 1. The molecule has 1 aliphatic rings. The Balaban J connectivity index is 0.00000160. The van der Waals surface area contributed by atoms with Crippen LogP contribution in [0.5, 0.6) is 0 Å². The highest BCUT2D eigenvalue weighted by Crippen LogP contribution is 2.20. The van der Waals surface area contributed by atoms with Crippen molar-refractivity contribution in [2.45, 2.75) is 45.7 Å². The molecule has 4 rings (SSSR count). The van der Waals surface area contributed by atoms with Crippen LogP contribution in [0.1, 0.15) is 47.8 Å².